The minimum atomic E-state index is -1.31. The number of pyridine rings is 1. The Bertz CT molecular complexity index is 296. The highest BCUT2D eigenvalue weighted by Gasteiger charge is 2.20. The third kappa shape index (κ3) is 2.09. The van der Waals surface area contributed by atoms with Gasteiger partial charge in [0.1, 0.15) is 4.60 Å². The van der Waals surface area contributed by atoms with Crippen LogP contribution in [0.4, 0.5) is 0 Å². The van der Waals surface area contributed by atoms with Gasteiger partial charge in [-0.15, -0.1) is 0 Å². The predicted octanol–water partition coefficient (Wildman–Crippen LogP) is 3.04. The van der Waals surface area contributed by atoms with Crippen LogP contribution in [0.15, 0.2) is 16.9 Å². The second-order valence-corrected chi connectivity index (χ2v) is 9.88. The summed E-state index contributed by atoms with van der Waals surface area (Å²) in [6.45, 7) is 6.79. The van der Waals surface area contributed by atoms with E-state index in [-0.39, 0.29) is 0 Å². The highest BCUT2D eigenvalue weighted by atomic mass is 79.9. The number of hydrogen-bond acceptors (Lipinski definition) is 1. The molecule has 12 heavy (non-hydrogen) atoms. The summed E-state index contributed by atoms with van der Waals surface area (Å²) in [5.74, 6) is 0. The molecule has 1 heterocycles. The summed E-state index contributed by atoms with van der Waals surface area (Å²) >= 11 is 9.42. The Morgan fingerprint density at radius 1 is 1.42 bits per heavy atom. The van der Waals surface area contributed by atoms with E-state index in [0.29, 0.717) is 0 Å². The summed E-state index contributed by atoms with van der Waals surface area (Å²) in [4.78, 5) is 4.06. The largest absolute Gasteiger partial charge is 0.248 e. The molecule has 0 atom stereocenters. The Morgan fingerprint density at radius 2 is 2.00 bits per heavy atom. The van der Waals surface area contributed by atoms with Crippen molar-refractivity contribution in [1.29, 1.82) is 0 Å². The molecule has 0 N–H and O–H groups in total. The zero-order valence-corrected chi connectivity index (χ0v) is 10.7. The monoisotopic (exact) mass is 263 g/mol. The van der Waals surface area contributed by atoms with Crippen molar-refractivity contribution in [3.05, 3.63) is 21.9 Å². The maximum atomic E-state index is 6.10. The van der Waals surface area contributed by atoms with Crippen LogP contribution in [0.25, 0.3) is 0 Å². The van der Waals surface area contributed by atoms with Crippen molar-refractivity contribution in [3.63, 3.8) is 0 Å². The van der Waals surface area contributed by atoms with Crippen LogP contribution in [0.3, 0.4) is 0 Å². The summed E-state index contributed by atoms with van der Waals surface area (Å²) < 4.78 is 0.754. The molecular weight excluding hydrogens is 254 g/mol. The average molecular weight is 265 g/mol. The van der Waals surface area contributed by atoms with E-state index in [0.717, 1.165) is 9.63 Å². The molecular formula is C8H11BrClNSi. The Labute approximate surface area is 87.3 Å². The van der Waals surface area contributed by atoms with Gasteiger partial charge in [0.05, 0.1) is 13.1 Å². The summed E-state index contributed by atoms with van der Waals surface area (Å²) in [5, 5.41) is 2.03. The molecule has 0 aliphatic rings. The van der Waals surface area contributed by atoms with Gasteiger partial charge in [0.25, 0.3) is 0 Å². The molecule has 1 nitrogen and oxygen atoms in total. The Kier molecular flexibility index (Phi) is 2.96. The zero-order chi connectivity index (χ0) is 9.35. The Hall–Kier alpha value is 0.137. The number of halogens is 2. The number of nitrogens with zero attached hydrogens (tertiary/aromatic N) is 1. The van der Waals surface area contributed by atoms with Gasteiger partial charge in [0.2, 0.25) is 0 Å². The second-order valence-electron chi connectivity index (χ2n) is 3.71. The van der Waals surface area contributed by atoms with Gasteiger partial charge < -0.3 is 0 Å². The summed E-state index contributed by atoms with van der Waals surface area (Å²) in [6.07, 6.45) is 1.80. The maximum Gasteiger partial charge on any atom is 0.124 e. The zero-order valence-electron chi connectivity index (χ0n) is 7.36. The first-order valence-corrected chi connectivity index (χ1v) is 8.40. The van der Waals surface area contributed by atoms with E-state index in [1.807, 2.05) is 6.07 Å². The van der Waals surface area contributed by atoms with E-state index >= 15 is 0 Å². The van der Waals surface area contributed by atoms with E-state index in [2.05, 4.69) is 40.6 Å². The highest BCUT2D eigenvalue weighted by Crippen LogP contribution is 2.19. The van der Waals surface area contributed by atoms with Crippen LogP contribution >= 0.6 is 27.5 Å². The summed E-state index contributed by atoms with van der Waals surface area (Å²) in [5.41, 5.74) is 0. The normalized spacial score (nSPS) is 11.8. The molecule has 1 aromatic rings. The highest BCUT2D eigenvalue weighted by molar-refractivity contribution is 9.10. The second kappa shape index (κ2) is 3.48. The van der Waals surface area contributed by atoms with Crippen LogP contribution in [0, 0.1) is 0 Å². The predicted molar refractivity (Wildman–Crippen MR) is 59.9 cm³/mol. The standard InChI is InChI=1S/C8H11BrClNSi/c1-12(2,3)6-4-5-11-8(9)7(6)10/h4-5H,1-3H3. The van der Waals surface area contributed by atoms with E-state index in [1.165, 1.54) is 5.19 Å². The molecule has 0 fully saturated rings. The number of rotatable bonds is 1. The van der Waals surface area contributed by atoms with Crippen molar-refractivity contribution in [2.24, 2.45) is 0 Å². The molecule has 0 aliphatic heterocycles. The molecule has 1 aromatic heterocycles. The van der Waals surface area contributed by atoms with Gasteiger partial charge in [-0.3, -0.25) is 0 Å². The van der Waals surface area contributed by atoms with E-state index in [1.54, 1.807) is 6.20 Å². The summed E-state index contributed by atoms with van der Waals surface area (Å²) in [6, 6.07) is 2.01. The Morgan fingerprint density at radius 3 is 2.42 bits per heavy atom. The van der Waals surface area contributed by atoms with E-state index in [9.17, 15) is 0 Å². The molecule has 0 unspecified atom stereocenters. The molecule has 0 aliphatic carbocycles. The van der Waals surface area contributed by atoms with Crippen LogP contribution in [-0.2, 0) is 0 Å². The quantitative estimate of drug-likeness (QED) is 0.561. The fourth-order valence-corrected chi connectivity index (χ4v) is 3.83. The average Bonchev–Trinajstić information content (AvgIpc) is 1.92. The lowest BCUT2D eigenvalue weighted by molar-refractivity contribution is 1.29. The lowest BCUT2D eigenvalue weighted by Gasteiger charge is -2.18. The molecule has 4 heteroatoms. The van der Waals surface area contributed by atoms with Crippen LogP contribution in [-0.4, -0.2) is 13.1 Å². The van der Waals surface area contributed by atoms with E-state index in [4.69, 9.17) is 11.6 Å². The van der Waals surface area contributed by atoms with Gasteiger partial charge in [-0.2, -0.15) is 0 Å². The molecule has 0 aromatic carbocycles. The van der Waals surface area contributed by atoms with E-state index < -0.39 is 8.07 Å². The van der Waals surface area contributed by atoms with Gasteiger partial charge in [-0.25, -0.2) is 4.98 Å². The fourth-order valence-electron chi connectivity index (χ4n) is 0.997. The fraction of sp³-hybridized carbons (Fsp3) is 0.375. The lowest BCUT2D eigenvalue weighted by atomic mass is 10.5. The number of hydrogen-bond donors (Lipinski definition) is 0. The van der Waals surface area contributed by atoms with Crippen molar-refractivity contribution in [2.45, 2.75) is 19.6 Å². The molecule has 1 rings (SSSR count). The van der Waals surface area contributed by atoms with Gasteiger partial charge in [0, 0.05) is 6.20 Å². The first-order valence-electron chi connectivity index (χ1n) is 3.73. The minimum Gasteiger partial charge on any atom is -0.248 e. The smallest absolute Gasteiger partial charge is 0.124 e. The minimum absolute atomic E-state index is 0.754. The van der Waals surface area contributed by atoms with Crippen LogP contribution in [0.1, 0.15) is 0 Å². The first-order chi connectivity index (χ1) is 5.43. The first kappa shape index (κ1) is 10.2. The van der Waals surface area contributed by atoms with Crippen molar-refractivity contribution >= 4 is 40.8 Å². The van der Waals surface area contributed by atoms with Crippen LogP contribution in [0.5, 0.6) is 0 Å². The van der Waals surface area contributed by atoms with Crippen LogP contribution in [0.2, 0.25) is 24.7 Å². The van der Waals surface area contributed by atoms with Gasteiger partial charge in [0.15, 0.2) is 0 Å². The van der Waals surface area contributed by atoms with Crippen LogP contribution < -0.4 is 5.19 Å². The third-order valence-electron chi connectivity index (χ3n) is 1.65. The SMILES string of the molecule is C[Si](C)(C)c1ccnc(Br)c1Cl. The molecule has 0 radical (unpaired) electrons. The molecule has 0 saturated heterocycles. The third-order valence-corrected chi connectivity index (χ3v) is 5.06. The molecule has 66 valence electrons. The molecule has 0 saturated carbocycles. The Balaban J connectivity index is 3.26. The molecule has 0 bridgehead atoms. The number of aromatic nitrogens is 1. The maximum absolute atomic E-state index is 6.10. The summed E-state index contributed by atoms with van der Waals surface area (Å²) in [7, 11) is -1.31. The van der Waals surface area contributed by atoms with Gasteiger partial charge in [-0.1, -0.05) is 31.2 Å². The van der Waals surface area contributed by atoms with Gasteiger partial charge in [-0.05, 0) is 27.2 Å². The molecule has 0 spiro atoms. The molecule has 0 amide bonds. The topological polar surface area (TPSA) is 12.9 Å². The van der Waals surface area contributed by atoms with Crippen molar-refractivity contribution in [2.75, 3.05) is 0 Å². The van der Waals surface area contributed by atoms with Crippen molar-refractivity contribution < 1.29 is 0 Å². The van der Waals surface area contributed by atoms with Crippen molar-refractivity contribution in [3.8, 4) is 0 Å². The van der Waals surface area contributed by atoms with Crippen molar-refractivity contribution in [1.82, 2.24) is 4.98 Å². The van der Waals surface area contributed by atoms with Gasteiger partial charge >= 0.3 is 0 Å². The lowest BCUT2D eigenvalue weighted by Crippen LogP contribution is -2.38.